The van der Waals surface area contributed by atoms with Gasteiger partial charge in [-0.15, -0.1) is 0 Å². The summed E-state index contributed by atoms with van der Waals surface area (Å²) in [7, 11) is 0. The van der Waals surface area contributed by atoms with E-state index in [1.165, 1.54) is 37.3 Å². The van der Waals surface area contributed by atoms with E-state index in [1.807, 2.05) is 0 Å². The van der Waals surface area contributed by atoms with Crippen LogP contribution in [-0.4, -0.2) is 29.4 Å². The zero-order chi connectivity index (χ0) is 23.7. The maximum absolute atomic E-state index is 13.4. The predicted molar refractivity (Wildman–Crippen MR) is 117 cm³/mol. The van der Waals surface area contributed by atoms with Gasteiger partial charge < -0.3 is 14.8 Å². The van der Waals surface area contributed by atoms with Crippen LogP contribution in [0.15, 0.2) is 60.7 Å². The summed E-state index contributed by atoms with van der Waals surface area (Å²) < 4.78 is 10.3. The molecular formula is C25H17NO7. The number of ketones is 2. The molecule has 0 aliphatic heterocycles. The van der Waals surface area contributed by atoms with Crippen LogP contribution < -0.4 is 14.8 Å². The lowest BCUT2D eigenvalue weighted by atomic mass is 9.82. The summed E-state index contributed by atoms with van der Waals surface area (Å²) in [6, 6.07) is 15.4. The highest BCUT2D eigenvalue weighted by Crippen LogP contribution is 2.38. The van der Waals surface area contributed by atoms with Crippen LogP contribution in [0.4, 0.5) is 5.69 Å². The first-order valence-corrected chi connectivity index (χ1v) is 9.90. The number of rotatable bonds is 4. The van der Waals surface area contributed by atoms with Crippen LogP contribution >= 0.6 is 0 Å². The molecule has 8 nitrogen and oxygen atoms in total. The summed E-state index contributed by atoms with van der Waals surface area (Å²) in [4.78, 5) is 62.7. The summed E-state index contributed by atoms with van der Waals surface area (Å²) in [5, 5.41) is 2.69. The summed E-state index contributed by atoms with van der Waals surface area (Å²) >= 11 is 0. The minimum atomic E-state index is -0.739. The summed E-state index contributed by atoms with van der Waals surface area (Å²) in [5.74, 6) is -3.51. The second kappa shape index (κ2) is 8.51. The molecule has 0 unspecified atom stereocenters. The Morgan fingerprint density at radius 3 is 2.00 bits per heavy atom. The first-order valence-electron chi connectivity index (χ1n) is 9.90. The largest absolute Gasteiger partial charge is 0.426 e. The first kappa shape index (κ1) is 21.6. The molecule has 164 valence electrons. The van der Waals surface area contributed by atoms with Crippen molar-refractivity contribution in [2.45, 2.75) is 13.8 Å². The van der Waals surface area contributed by atoms with Crippen molar-refractivity contribution >= 4 is 35.1 Å². The number of amides is 1. The molecule has 0 spiro atoms. The maximum atomic E-state index is 13.4. The molecule has 1 N–H and O–H groups in total. The number of para-hydroxylation sites is 1. The minimum Gasteiger partial charge on any atom is -0.426 e. The van der Waals surface area contributed by atoms with Gasteiger partial charge in [0.05, 0.1) is 11.1 Å². The van der Waals surface area contributed by atoms with Gasteiger partial charge in [0.1, 0.15) is 11.5 Å². The van der Waals surface area contributed by atoms with Crippen LogP contribution in [0.25, 0.3) is 0 Å². The monoisotopic (exact) mass is 443 g/mol. The Bertz CT molecular complexity index is 1340. The van der Waals surface area contributed by atoms with E-state index in [-0.39, 0.29) is 39.3 Å². The van der Waals surface area contributed by atoms with Gasteiger partial charge in [0.2, 0.25) is 5.78 Å². The van der Waals surface area contributed by atoms with Gasteiger partial charge in [0, 0.05) is 36.2 Å². The third-order valence-corrected chi connectivity index (χ3v) is 4.87. The molecule has 0 heterocycles. The van der Waals surface area contributed by atoms with Crippen molar-refractivity contribution in [2.24, 2.45) is 0 Å². The number of esters is 2. The topological polar surface area (TPSA) is 116 Å². The molecule has 3 aromatic carbocycles. The van der Waals surface area contributed by atoms with Gasteiger partial charge in [-0.3, -0.25) is 24.0 Å². The van der Waals surface area contributed by atoms with Crippen LogP contribution in [0.5, 0.6) is 11.5 Å². The molecule has 0 atom stereocenters. The van der Waals surface area contributed by atoms with Gasteiger partial charge in [-0.05, 0) is 30.3 Å². The molecule has 1 aliphatic rings. The van der Waals surface area contributed by atoms with Crippen molar-refractivity contribution in [3.63, 3.8) is 0 Å². The number of carbonyl (C=O) groups excluding carboxylic acids is 5. The van der Waals surface area contributed by atoms with E-state index in [4.69, 9.17) is 9.47 Å². The molecule has 1 amide bonds. The van der Waals surface area contributed by atoms with Crippen molar-refractivity contribution in [1.82, 2.24) is 0 Å². The second-order valence-corrected chi connectivity index (χ2v) is 7.24. The fourth-order valence-electron chi connectivity index (χ4n) is 3.58. The Morgan fingerprint density at radius 2 is 1.33 bits per heavy atom. The van der Waals surface area contributed by atoms with Crippen molar-refractivity contribution < 1.29 is 33.4 Å². The molecule has 0 aromatic heterocycles. The lowest BCUT2D eigenvalue weighted by Crippen LogP contribution is -2.25. The van der Waals surface area contributed by atoms with Crippen LogP contribution in [0, 0.1) is 0 Å². The fraction of sp³-hybridized carbons (Fsp3) is 0.0800. The Hall–Kier alpha value is -4.59. The lowest BCUT2D eigenvalue weighted by molar-refractivity contribution is -0.132. The average Bonchev–Trinajstić information content (AvgIpc) is 2.76. The van der Waals surface area contributed by atoms with E-state index in [0.717, 1.165) is 6.92 Å². The molecule has 1 aliphatic carbocycles. The van der Waals surface area contributed by atoms with E-state index in [9.17, 15) is 24.0 Å². The van der Waals surface area contributed by atoms with Gasteiger partial charge in [0.25, 0.3) is 5.91 Å². The van der Waals surface area contributed by atoms with Gasteiger partial charge in [0.15, 0.2) is 5.78 Å². The van der Waals surface area contributed by atoms with Crippen molar-refractivity contribution in [2.75, 3.05) is 5.32 Å². The second-order valence-electron chi connectivity index (χ2n) is 7.24. The van der Waals surface area contributed by atoms with Gasteiger partial charge >= 0.3 is 11.9 Å². The molecule has 4 rings (SSSR count). The SMILES string of the molecule is CC(=O)Oc1cccc2c1C(=O)c1c(OC(C)=O)cc(C(=O)Nc3ccccc3)cc1C2=O. The Kier molecular flexibility index (Phi) is 5.58. The van der Waals surface area contributed by atoms with E-state index < -0.39 is 29.4 Å². The summed E-state index contributed by atoms with van der Waals surface area (Å²) in [6.45, 7) is 2.31. The zero-order valence-electron chi connectivity index (χ0n) is 17.6. The smallest absolute Gasteiger partial charge is 0.308 e. The molecule has 8 heteroatoms. The molecule has 0 saturated carbocycles. The van der Waals surface area contributed by atoms with E-state index in [0.29, 0.717) is 5.69 Å². The number of carbonyl (C=O) groups is 5. The van der Waals surface area contributed by atoms with E-state index in [1.54, 1.807) is 30.3 Å². The molecule has 0 fully saturated rings. The van der Waals surface area contributed by atoms with Gasteiger partial charge in [-0.25, -0.2) is 0 Å². The molecule has 33 heavy (non-hydrogen) atoms. The van der Waals surface area contributed by atoms with Crippen LogP contribution in [0.1, 0.15) is 56.0 Å². The minimum absolute atomic E-state index is 0.0145. The summed E-state index contributed by atoms with van der Waals surface area (Å²) in [6.07, 6.45) is 0. The predicted octanol–water partition coefficient (Wildman–Crippen LogP) is 3.56. The highest BCUT2D eigenvalue weighted by Gasteiger charge is 2.36. The molecule has 0 radical (unpaired) electrons. The van der Waals surface area contributed by atoms with Crippen molar-refractivity contribution in [3.8, 4) is 11.5 Å². The number of ether oxygens (including phenoxy) is 2. The Labute approximate surface area is 188 Å². The average molecular weight is 443 g/mol. The quantitative estimate of drug-likeness (QED) is 0.379. The third-order valence-electron chi connectivity index (χ3n) is 4.87. The first-order chi connectivity index (χ1) is 15.8. The molecular weight excluding hydrogens is 426 g/mol. The Balaban J connectivity index is 1.86. The van der Waals surface area contributed by atoms with Gasteiger partial charge in [-0.2, -0.15) is 0 Å². The zero-order valence-corrected chi connectivity index (χ0v) is 17.6. The van der Waals surface area contributed by atoms with Crippen molar-refractivity contribution in [1.29, 1.82) is 0 Å². The van der Waals surface area contributed by atoms with Crippen LogP contribution in [-0.2, 0) is 9.59 Å². The normalized spacial score (nSPS) is 11.8. The number of fused-ring (bicyclic) bond motifs is 2. The third kappa shape index (κ3) is 4.14. The van der Waals surface area contributed by atoms with Crippen molar-refractivity contribution in [3.05, 3.63) is 88.5 Å². The fourth-order valence-corrected chi connectivity index (χ4v) is 3.58. The lowest BCUT2D eigenvalue weighted by Gasteiger charge is -2.22. The Morgan fingerprint density at radius 1 is 0.697 bits per heavy atom. The van der Waals surface area contributed by atoms with E-state index >= 15 is 0 Å². The maximum Gasteiger partial charge on any atom is 0.308 e. The number of hydrogen-bond acceptors (Lipinski definition) is 7. The van der Waals surface area contributed by atoms with Crippen LogP contribution in [0.3, 0.4) is 0 Å². The molecule has 0 saturated heterocycles. The number of hydrogen-bond donors (Lipinski definition) is 1. The van der Waals surface area contributed by atoms with Crippen LogP contribution in [0.2, 0.25) is 0 Å². The van der Waals surface area contributed by atoms with E-state index in [2.05, 4.69) is 5.32 Å². The molecule has 3 aromatic rings. The molecule has 0 bridgehead atoms. The highest BCUT2D eigenvalue weighted by atomic mass is 16.5. The number of anilines is 1. The van der Waals surface area contributed by atoms with Gasteiger partial charge in [-0.1, -0.05) is 30.3 Å². The summed E-state index contributed by atoms with van der Waals surface area (Å²) in [5.41, 5.74) is 0.173. The number of nitrogens with one attached hydrogen (secondary N) is 1. The number of benzene rings is 3. The standard InChI is InChI=1S/C25H17NO7/c1-13(27)32-19-10-6-9-17-21(19)24(30)22-18(23(17)29)11-15(12-20(22)33-14(2)28)25(31)26-16-7-4-3-5-8-16/h3-12H,1-2H3,(H,26,31). The highest BCUT2D eigenvalue weighted by molar-refractivity contribution is 6.31.